The van der Waals surface area contributed by atoms with E-state index in [0.717, 1.165) is 37.5 Å². The number of nitrogens with zero attached hydrogens (tertiary/aromatic N) is 1. The van der Waals surface area contributed by atoms with Gasteiger partial charge in [-0.1, -0.05) is 0 Å². The van der Waals surface area contributed by atoms with Crippen LogP contribution >= 0.6 is 11.6 Å². The summed E-state index contributed by atoms with van der Waals surface area (Å²) in [6.45, 7) is 1.16. The molecule has 0 saturated carbocycles. The highest BCUT2D eigenvalue weighted by Crippen LogP contribution is 2.22. The number of hydrogen-bond acceptors (Lipinski definition) is 1. The number of benzene rings is 1. The summed E-state index contributed by atoms with van der Waals surface area (Å²) < 4.78 is 26.7. The molecule has 5 heteroatoms. The molecule has 0 radical (unpaired) electrons. The minimum absolute atomic E-state index is 0.188. The van der Waals surface area contributed by atoms with Crippen LogP contribution in [0, 0.1) is 17.6 Å². The fourth-order valence-electron chi connectivity index (χ4n) is 2.47. The summed E-state index contributed by atoms with van der Waals surface area (Å²) in [6, 6.07) is 2.96. The van der Waals surface area contributed by atoms with Gasteiger partial charge in [-0.25, -0.2) is 8.78 Å². The number of hydrogen-bond donors (Lipinski definition) is 0. The van der Waals surface area contributed by atoms with Gasteiger partial charge in [-0.3, -0.25) is 4.79 Å². The van der Waals surface area contributed by atoms with E-state index in [-0.39, 0.29) is 5.56 Å². The van der Waals surface area contributed by atoms with E-state index in [1.54, 1.807) is 4.90 Å². The predicted molar refractivity (Wildman–Crippen MR) is 70.3 cm³/mol. The maximum atomic E-state index is 13.6. The van der Waals surface area contributed by atoms with Crippen LogP contribution < -0.4 is 0 Å². The summed E-state index contributed by atoms with van der Waals surface area (Å²) >= 11 is 5.71. The third-order valence-corrected chi connectivity index (χ3v) is 3.70. The first-order chi connectivity index (χ1) is 9.11. The average molecular weight is 288 g/mol. The molecule has 1 unspecified atom stereocenters. The molecule has 2 nitrogen and oxygen atoms in total. The van der Waals surface area contributed by atoms with E-state index in [2.05, 4.69) is 0 Å². The van der Waals surface area contributed by atoms with E-state index in [4.69, 9.17) is 11.6 Å². The SMILES string of the molecule is O=C(c1cc(F)ccc1F)N1CCCC(CCCl)C1. The molecule has 0 N–H and O–H groups in total. The average Bonchev–Trinajstić information content (AvgIpc) is 2.41. The van der Waals surface area contributed by atoms with Gasteiger partial charge in [0.05, 0.1) is 5.56 Å². The molecule has 1 atom stereocenters. The van der Waals surface area contributed by atoms with E-state index >= 15 is 0 Å². The number of carbonyl (C=O) groups is 1. The lowest BCUT2D eigenvalue weighted by atomic mass is 9.95. The zero-order chi connectivity index (χ0) is 13.8. The summed E-state index contributed by atoms with van der Waals surface area (Å²) in [4.78, 5) is 13.8. The monoisotopic (exact) mass is 287 g/mol. The van der Waals surface area contributed by atoms with Gasteiger partial charge in [-0.2, -0.15) is 0 Å². The van der Waals surface area contributed by atoms with Crippen LogP contribution in [0.4, 0.5) is 8.78 Å². The van der Waals surface area contributed by atoms with Gasteiger partial charge < -0.3 is 4.90 Å². The molecule has 1 aromatic carbocycles. The zero-order valence-electron chi connectivity index (χ0n) is 10.5. The molecule has 0 aromatic heterocycles. The van der Waals surface area contributed by atoms with Gasteiger partial charge in [0, 0.05) is 19.0 Å². The van der Waals surface area contributed by atoms with Crippen LogP contribution in [-0.4, -0.2) is 29.8 Å². The molecule has 1 fully saturated rings. The topological polar surface area (TPSA) is 20.3 Å². The molecular weight excluding hydrogens is 272 g/mol. The Morgan fingerprint density at radius 2 is 2.21 bits per heavy atom. The highest BCUT2D eigenvalue weighted by Gasteiger charge is 2.26. The molecule has 1 aliphatic heterocycles. The Morgan fingerprint density at radius 1 is 1.42 bits per heavy atom. The maximum absolute atomic E-state index is 13.6. The fourth-order valence-corrected chi connectivity index (χ4v) is 2.78. The first-order valence-corrected chi connectivity index (χ1v) is 6.95. The van der Waals surface area contributed by atoms with E-state index in [9.17, 15) is 13.6 Å². The summed E-state index contributed by atoms with van der Waals surface area (Å²) in [5.74, 6) is -0.797. The fraction of sp³-hybridized carbons (Fsp3) is 0.500. The maximum Gasteiger partial charge on any atom is 0.256 e. The summed E-state index contributed by atoms with van der Waals surface area (Å²) in [5.41, 5.74) is -0.188. The third-order valence-electron chi connectivity index (χ3n) is 3.48. The molecule has 1 aromatic rings. The van der Waals surface area contributed by atoms with Crippen LogP contribution in [0.3, 0.4) is 0 Å². The summed E-state index contributed by atoms with van der Waals surface area (Å²) in [7, 11) is 0. The van der Waals surface area contributed by atoms with E-state index in [0.29, 0.717) is 24.9 Å². The minimum atomic E-state index is -0.675. The van der Waals surface area contributed by atoms with Crippen LogP contribution in [0.1, 0.15) is 29.6 Å². The standard InChI is InChI=1S/C14H16ClF2NO/c15-6-5-10-2-1-7-18(9-10)14(19)12-8-11(16)3-4-13(12)17/h3-4,8,10H,1-2,5-7,9H2. The predicted octanol–water partition coefficient (Wildman–Crippen LogP) is 3.45. The highest BCUT2D eigenvalue weighted by atomic mass is 35.5. The molecule has 1 saturated heterocycles. The van der Waals surface area contributed by atoms with Crippen molar-refractivity contribution in [2.75, 3.05) is 19.0 Å². The largest absolute Gasteiger partial charge is 0.338 e. The summed E-state index contributed by atoms with van der Waals surface area (Å²) in [6.07, 6.45) is 2.75. The Labute approximate surface area is 116 Å². The van der Waals surface area contributed by atoms with Crippen LogP contribution in [0.25, 0.3) is 0 Å². The van der Waals surface area contributed by atoms with Crippen molar-refractivity contribution in [3.8, 4) is 0 Å². The lowest BCUT2D eigenvalue weighted by Gasteiger charge is -2.32. The summed E-state index contributed by atoms with van der Waals surface area (Å²) in [5, 5.41) is 0. The van der Waals surface area contributed by atoms with Crippen molar-refractivity contribution in [2.24, 2.45) is 5.92 Å². The number of carbonyl (C=O) groups excluding carboxylic acids is 1. The Hall–Kier alpha value is -1.16. The molecular formula is C14H16ClF2NO. The third kappa shape index (κ3) is 3.44. The number of alkyl halides is 1. The molecule has 1 amide bonds. The van der Waals surface area contributed by atoms with Crippen molar-refractivity contribution in [3.63, 3.8) is 0 Å². The number of likely N-dealkylation sites (tertiary alicyclic amines) is 1. The minimum Gasteiger partial charge on any atom is -0.338 e. The van der Waals surface area contributed by atoms with Gasteiger partial charge >= 0.3 is 0 Å². The highest BCUT2D eigenvalue weighted by molar-refractivity contribution is 6.17. The van der Waals surface area contributed by atoms with Crippen molar-refractivity contribution in [1.82, 2.24) is 4.90 Å². The molecule has 19 heavy (non-hydrogen) atoms. The lowest BCUT2D eigenvalue weighted by molar-refractivity contribution is 0.0666. The molecule has 1 aliphatic rings. The second kappa shape index (κ2) is 6.33. The molecule has 104 valence electrons. The number of halogens is 3. The zero-order valence-corrected chi connectivity index (χ0v) is 11.3. The van der Waals surface area contributed by atoms with Crippen LogP contribution in [0.2, 0.25) is 0 Å². The Balaban J connectivity index is 2.12. The van der Waals surface area contributed by atoms with Crippen molar-refractivity contribution >= 4 is 17.5 Å². The van der Waals surface area contributed by atoms with Crippen molar-refractivity contribution in [1.29, 1.82) is 0 Å². The van der Waals surface area contributed by atoms with Gasteiger partial charge in [0.1, 0.15) is 11.6 Å². The van der Waals surface area contributed by atoms with Gasteiger partial charge in [0.15, 0.2) is 0 Å². The second-order valence-electron chi connectivity index (χ2n) is 4.86. The molecule has 2 rings (SSSR count). The number of piperidine rings is 1. The van der Waals surface area contributed by atoms with Crippen LogP contribution in [0.15, 0.2) is 18.2 Å². The van der Waals surface area contributed by atoms with E-state index < -0.39 is 17.5 Å². The van der Waals surface area contributed by atoms with Gasteiger partial charge in [0.2, 0.25) is 0 Å². The molecule has 0 aliphatic carbocycles. The number of rotatable bonds is 3. The second-order valence-corrected chi connectivity index (χ2v) is 5.24. The first kappa shape index (κ1) is 14.3. The molecule has 1 heterocycles. The van der Waals surface area contributed by atoms with E-state index in [1.165, 1.54) is 0 Å². The Morgan fingerprint density at radius 3 is 2.95 bits per heavy atom. The van der Waals surface area contributed by atoms with Crippen LogP contribution in [0.5, 0.6) is 0 Å². The van der Waals surface area contributed by atoms with Gasteiger partial charge in [-0.15, -0.1) is 11.6 Å². The van der Waals surface area contributed by atoms with Gasteiger partial charge in [-0.05, 0) is 43.4 Å². The van der Waals surface area contributed by atoms with Crippen molar-refractivity contribution < 1.29 is 13.6 Å². The Bertz CT molecular complexity index is 465. The van der Waals surface area contributed by atoms with Gasteiger partial charge in [0.25, 0.3) is 5.91 Å². The van der Waals surface area contributed by atoms with E-state index in [1.807, 2.05) is 0 Å². The first-order valence-electron chi connectivity index (χ1n) is 6.42. The quantitative estimate of drug-likeness (QED) is 0.780. The molecule has 0 bridgehead atoms. The molecule has 0 spiro atoms. The van der Waals surface area contributed by atoms with Crippen LogP contribution in [-0.2, 0) is 0 Å². The Kier molecular flexibility index (Phi) is 4.75. The smallest absolute Gasteiger partial charge is 0.256 e. The van der Waals surface area contributed by atoms with Crippen molar-refractivity contribution in [3.05, 3.63) is 35.4 Å². The normalized spacial score (nSPS) is 19.5. The lowest BCUT2D eigenvalue weighted by Crippen LogP contribution is -2.40. The van der Waals surface area contributed by atoms with Crippen molar-refractivity contribution in [2.45, 2.75) is 19.3 Å². The number of amides is 1.